The quantitative estimate of drug-likeness (QED) is 0.740. The van der Waals surface area contributed by atoms with Gasteiger partial charge in [-0.3, -0.25) is 0 Å². The second kappa shape index (κ2) is 4.65. The van der Waals surface area contributed by atoms with E-state index in [-0.39, 0.29) is 10.8 Å². The molecule has 0 aliphatic heterocycles. The third-order valence-corrected chi connectivity index (χ3v) is 4.85. The van der Waals surface area contributed by atoms with Crippen LogP contribution in [0.1, 0.15) is 52.5 Å². The first kappa shape index (κ1) is 15.2. The predicted molar refractivity (Wildman–Crippen MR) is 83.7 cm³/mol. The van der Waals surface area contributed by atoms with Crippen LogP contribution in [0.15, 0.2) is 18.2 Å². The van der Waals surface area contributed by atoms with E-state index < -0.39 is 5.54 Å². The van der Waals surface area contributed by atoms with Crippen LogP contribution in [0, 0.1) is 10.8 Å². The van der Waals surface area contributed by atoms with Crippen molar-refractivity contribution < 1.29 is 0 Å². The molecule has 19 heavy (non-hydrogen) atoms. The predicted octanol–water partition coefficient (Wildman–Crippen LogP) is 5.38. The minimum absolute atomic E-state index is 0.210. The maximum Gasteiger partial charge on any atom is 0.0642 e. The maximum atomic E-state index is 6.76. The summed E-state index contributed by atoms with van der Waals surface area (Å²) >= 11 is 12.5. The van der Waals surface area contributed by atoms with Gasteiger partial charge in [0.25, 0.3) is 0 Å². The first-order valence-electron chi connectivity index (χ1n) is 6.78. The average Bonchev–Trinajstić information content (AvgIpc) is 2.16. The van der Waals surface area contributed by atoms with E-state index >= 15 is 0 Å². The van der Waals surface area contributed by atoms with Gasteiger partial charge in [0.15, 0.2) is 0 Å². The summed E-state index contributed by atoms with van der Waals surface area (Å²) < 4.78 is 0. The number of hydrogen-bond donors (Lipinski definition) is 1. The molecule has 1 fully saturated rings. The number of rotatable bonds is 1. The lowest BCUT2D eigenvalue weighted by molar-refractivity contribution is 0.0471. The molecule has 3 heteroatoms. The molecule has 0 bridgehead atoms. The molecule has 2 N–H and O–H groups in total. The van der Waals surface area contributed by atoms with E-state index in [2.05, 4.69) is 27.7 Å². The van der Waals surface area contributed by atoms with Crippen molar-refractivity contribution >= 4 is 23.2 Å². The Bertz CT molecular complexity index is 476. The molecule has 0 heterocycles. The number of benzene rings is 1. The normalized spacial score (nSPS) is 24.2. The SMILES string of the molecule is CC1(C)CC(C)(C)CC(N)(c2cccc(Cl)c2Cl)C1. The Balaban J connectivity index is 2.49. The Morgan fingerprint density at radius 1 is 0.947 bits per heavy atom. The second-order valence-corrected chi connectivity index (χ2v) is 8.40. The first-order valence-corrected chi connectivity index (χ1v) is 7.54. The van der Waals surface area contributed by atoms with Gasteiger partial charge in [-0.2, -0.15) is 0 Å². The van der Waals surface area contributed by atoms with Gasteiger partial charge in [0.05, 0.1) is 10.0 Å². The fourth-order valence-corrected chi connectivity index (χ4v) is 4.76. The van der Waals surface area contributed by atoms with E-state index in [1.807, 2.05) is 18.2 Å². The van der Waals surface area contributed by atoms with Crippen LogP contribution in [0.2, 0.25) is 10.0 Å². The van der Waals surface area contributed by atoms with Gasteiger partial charge in [-0.25, -0.2) is 0 Å². The zero-order chi connectivity index (χ0) is 14.5. The van der Waals surface area contributed by atoms with Crippen molar-refractivity contribution in [3.05, 3.63) is 33.8 Å². The van der Waals surface area contributed by atoms with E-state index in [4.69, 9.17) is 28.9 Å². The summed E-state index contributed by atoms with van der Waals surface area (Å²) in [6.07, 6.45) is 3.05. The lowest BCUT2D eigenvalue weighted by Gasteiger charge is -2.51. The van der Waals surface area contributed by atoms with Crippen LogP contribution in [0.3, 0.4) is 0 Å². The fourth-order valence-electron chi connectivity index (χ4n) is 4.27. The van der Waals surface area contributed by atoms with Gasteiger partial charge in [0.2, 0.25) is 0 Å². The van der Waals surface area contributed by atoms with Gasteiger partial charge in [0.1, 0.15) is 0 Å². The van der Waals surface area contributed by atoms with Gasteiger partial charge >= 0.3 is 0 Å². The van der Waals surface area contributed by atoms with Crippen molar-refractivity contribution in [2.75, 3.05) is 0 Å². The van der Waals surface area contributed by atoms with Crippen molar-refractivity contribution in [2.45, 2.75) is 52.5 Å². The molecule has 0 spiro atoms. The van der Waals surface area contributed by atoms with Crippen molar-refractivity contribution in [3.8, 4) is 0 Å². The highest BCUT2D eigenvalue weighted by molar-refractivity contribution is 6.42. The molecular formula is C16H23Cl2N. The molecule has 1 aliphatic carbocycles. The molecule has 0 atom stereocenters. The van der Waals surface area contributed by atoms with Crippen molar-refractivity contribution in [3.63, 3.8) is 0 Å². The Morgan fingerprint density at radius 3 is 2.00 bits per heavy atom. The Hall–Kier alpha value is -0.240. The third-order valence-electron chi connectivity index (χ3n) is 4.03. The van der Waals surface area contributed by atoms with E-state index in [1.165, 1.54) is 6.42 Å². The van der Waals surface area contributed by atoms with Crippen LogP contribution in [0.4, 0.5) is 0 Å². The molecule has 1 aromatic rings. The molecule has 0 amide bonds. The summed E-state index contributed by atoms with van der Waals surface area (Å²) in [6.45, 7) is 9.14. The van der Waals surface area contributed by atoms with E-state index in [0.29, 0.717) is 10.0 Å². The molecule has 0 radical (unpaired) electrons. The van der Waals surface area contributed by atoms with Gasteiger partial charge in [-0.15, -0.1) is 0 Å². The zero-order valence-electron chi connectivity index (χ0n) is 12.2. The minimum Gasteiger partial charge on any atom is -0.321 e. The monoisotopic (exact) mass is 299 g/mol. The summed E-state index contributed by atoms with van der Waals surface area (Å²) in [4.78, 5) is 0. The van der Waals surface area contributed by atoms with Crippen LogP contribution in [-0.4, -0.2) is 0 Å². The summed E-state index contributed by atoms with van der Waals surface area (Å²) in [5.74, 6) is 0. The van der Waals surface area contributed by atoms with Crippen LogP contribution >= 0.6 is 23.2 Å². The van der Waals surface area contributed by atoms with Gasteiger partial charge < -0.3 is 5.73 Å². The van der Waals surface area contributed by atoms with Crippen LogP contribution in [0.25, 0.3) is 0 Å². The topological polar surface area (TPSA) is 26.0 Å². The van der Waals surface area contributed by atoms with Gasteiger partial charge in [-0.1, -0.05) is 63.0 Å². The second-order valence-electron chi connectivity index (χ2n) is 7.62. The van der Waals surface area contributed by atoms with E-state index in [1.54, 1.807) is 0 Å². The van der Waals surface area contributed by atoms with Gasteiger partial charge in [-0.05, 0) is 41.7 Å². The molecule has 2 rings (SSSR count). The highest BCUT2D eigenvalue weighted by Gasteiger charge is 2.46. The summed E-state index contributed by atoms with van der Waals surface area (Å²) in [5, 5.41) is 1.20. The molecule has 1 saturated carbocycles. The fraction of sp³-hybridized carbons (Fsp3) is 0.625. The van der Waals surface area contributed by atoms with Crippen molar-refractivity contribution in [1.29, 1.82) is 0 Å². The number of hydrogen-bond acceptors (Lipinski definition) is 1. The van der Waals surface area contributed by atoms with Crippen LogP contribution < -0.4 is 5.73 Å². The summed E-state index contributed by atoms with van der Waals surface area (Å²) in [5.41, 5.74) is 7.77. The van der Waals surface area contributed by atoms with Crippen molar-refractivity contribution in [1.82, 2.24) is 0 Å². The largest absolute Gasteiger partial charge is 0.321 e. The highest BCUT2D eigenvalue weighted by atomic mass is 35.5. The third kappa shape index (κ3) is 3.09. The lowest BCUT2D eigenvalue weighted by Crippen LogP contribution is -2.50. The molecular weight excluding hydrogens is 277 g/mol. The lowest BCUT2D eigenvalue weighted by atomic mass is 9.57. The molecule has 0 aromatic heterocycles. The van der Waals surface area contributed by atoms with Gasteiger partial charge in [0, 0.05) is 5.54 Å². The maximum absolute atomic E-state index is 6.76. The van der Waals surface area contributed by atoms with Crippen LogP contribution in [-0.2, 0) is 5.54 Å². The Labute approximate surface area is 126 Å². The van der Waals surface area contributed by atoms with Crippen molar-refractivity contribution in [2.24, 2.45) is 16.6 Å². The summed E-state index contributed by atoms with van der Waals surface area (Å²) in [7, 11) is 0. The smallest absolute Gasteiger partial charge is 0.0642 e. The molecule has 1 nitrogen and oxygen atoms in total. The van der Waals surface area contributed by atoms with Crippen LogP contribution in [0.5, 0.6) is 0 Å². The molecule has 0 unspecified atom stereocenters. The molecule has 106 valence electrons. The van der Waals surface area contributed by atoms with E-state index in [0.717, 1.165) is 18.4 Å². The average molecular weight is 300 g/mol. The standard InChI is InChI=1S/C16H23Cl2N/c1-14(2)8-15(3,4)10-16(19,9-14)11-6-5-7-12(17)13(11)18/h5-7H,8-10,19H2,1-4H3. The first-order chi connectivity index (χ1) is 8.55. The Kier molecular flexibility index (Phi) is 3.71. The Morgan fingerprint density at radius 2 is 1.47 bits per heavy atom. The minimum atomic E-state index is -0.396. The highest BCUT2D eigenvalue weighted by Crippen LogP contribution is 2.54. The van der Waals surface area contributed by atoms with E-state index in [9.17, 15) is 0 Å². The number of halogens is 2. The molecule has 1 aromatic carbocycles. The zero-order valence-corrected chi connectivity index (χ0v) is 13.7. The molecule has 1 aliphatic rings. The summed E-state index contributed by atoms with van der Waals surface area (Å²) in [6, 6.07) is 5.77. The number of nitrogens with two attached hydrogens (primary N) is 1. The molecule has 0 saturated heterocycles.